The Morgan fingerprint density at radius 1 is 1.12 bits per heavy atom. The minimum absolute atomic E-state index is 0.131. The molecule has 0 spiro atoms. The van der Waals surface area contributed by atoms with Crippen LogP contribution in [0, 0.1) is 0 Å². The van der Waals surface area contributed by atoms with Gasteiger partial charge in [0.2, 0.25) is 17.7 Å². The van der Waals surface area contributed by atoms with Crippen molar-refractivity contribution in [3.8, 4) is 11.5 Å². The summed E-state index contributed by atoms with van der Waals surface area (Å²) in [5.41, 5.74) is 7.80. The van der Waals surface area contributed by atoms with Crippen LogP contribution in [-0.2, 0) is 19.2 Å². The number of benzene rings is 2. The largest absolute Gasteiger partial charge is 0.497 e. The topological polar surface area (TPSA) is 152 Å². The molecule has 0 saturated heterocycles. The van der Waals surface area contributed by atoms with Crippen LogP contribution < -0.4 is 30.3 Å². The number of nitrogens with one attached hydrogen (secondary N) is 1. The molecule has 11 heteroatoms. The molecule has 33 heavy (non-hydrogen) atoms. The highest BCUT2D eigenvalue weighted by Gasteiger charge is 2.23. The molecule has 0 saturated carbocycles. The zero-order chi connectivity index (χ0) is 24.7. The van der Waals surface area contributed by atoms with Crippen LogP contribution in [0.5, 0.6) is 11.5 Å². The first-order valence-corrected chi connectivity index (χ1v) is 9.73. The van der Waals surface area contributed by atoms with E-state index in [0.717, 1.165) is 0 Å². The van der Waals surface area contributed by atoms with Crippen LogP contribution in [0.25, 0.3) is 0 Å². The predicted octanol–water partition coefficient (Wildman–Crippen LogP) is 1.72. The fourth-order valence-electron chi connectivity index (χ4n) is 2.93. The number of nitrogens with zero attached hydrogens (tertiary/aromatic N) is 2. The average molecular weight is 458 g/mol. The van der Waals surface area contributed by atoms with E-state index in [1.807, 2.05) is 0 Å². The number of carboxylic acids is 1. The number of carbonyl (C=O) groups excluding carboxylic acids is 3. The molecule has 0 bridgehead atoms. The van der Waals surface area contributed by atoms with Crippen molar-refractivity contribution in [2.24, 2.45) is 0 Å². The van der Waals surface area contributed by atoms with Gasteiger partial charge >= 0.3 is 5.97 Å². The molecule has 11 nitrogen and oxygen atoms in total. The Hall–Kier alpha value is -4.28. The lowest BCUT2D eigenvalue weighted by Crippen LogP contribution is -2.28. The molecular weight excluding hydrogens is 432 g/mol. The van der Waals surface area contributed by atoms with E-state index in [1.165, 1.54) is 24.0 Å². The molecule has 2 aromatic carbocycles. The van der Waals surface area contributed by atoms with Crippen LogP contribution in [0.2, 0.25) is 0 Å². The van der Waals surface area contributed by atoms with Gasteiger partial charge in [0.25, 0.3) is 0 Å². The third kappa shape index (κ3) is 6.35. The van der Waals surface area contributed by atoms with Crippen molar-refractivity contribution in [1.29, 1.82) is 0 Å². The second kappa shape index (κ2) is 10.8. The Morgan fingerprint density at radius 3 is 2.33 bits per heavy atom. The lowest BCUT2D eigenvalue weighted by atomic mass is 10.2. The van der Waals surface area contributed by atoms with Crippen molar-refractivity contribution in [2.75, 3.05) is 49.2 Å². The molecule has 0 aromatic heterocycles. The van der Waals surface area contributed by atoms with Crippen molar-refractivity contribution in [3.63, 3.8) is 0 Å². The lowest BCUT2D eigenvalue weighted by molar-refractivity contribution is -0.140. The lowest BCUT2D eigenvalue weighted by Gasteiger charge is -2.19. The van der Waals surface area contributed by atoms with Crippen molar-refractivity contribution in [2.45, 2.75) is 12.8 Å². The molecule has 0 radical (unpaired) electrons. The molecule has 176 valence electrons. The van der Waals surface area contributed by atoms with Gasteiger partial charge in [0.15, 0.2) is 0 Å². The van der Waals surface area contributed by atoms with E-state index in [0.29, 0.717) is 34.2 Å². The molecule has 0 unspecified atom stereocenters. The Morgan fingerprint density at radius 2 is 1.73 bits per heavy atom. The highest BCUT2D eigenvalue weighted by atomic mass is 16.5. The molecule has 0 fully saturated rings. The minimum atomic E-state index is -1.18. The van der Waals surface area contributed by atoms with E-state index in [1.54, 1.807) is 50.6 Å². The van der Waals surface area contributed by atoms with Gasteiger partial charge in [0.05, 0.1) is 37.0 Å². The number of methoxy groups -OCH3 is 2. The number of hydrogen-bond donors (Lipinski definition) is 3. The number of amides is 3. The molecule has 4 N–H and O–H groups in total. The van der Waals surface area contributed by atoms with Crippen LogP contribution >= 0.6 is 0 Å². The highest BCUT2D eigenvalue weighted by molar-refractivity contribution is 6.14. The number of carboxylic acid groups (broad SMARTS) is 1. The van der Waals surface area contributed by atoms with E-state index < -0.39 is 18.3 Å². The Kier molecular flexibility index (Phi) is 8.21. The first kappa shape index (κ1) is 25.0. The van der Waals surface area contributed by atoms with Gasteiger partial charge in [0, 0.05) is 26.2 Å². The van der Waals surface area contributed by atoms with E-state index >= 15 is 0 Å². The van der Waals surface area contributed by atoms with Gasteiger partial charge in [-0.1, -0.05) is 0 Å². The number of fused-ring (bicyclic) bond motifs is 1. The number of rotatable bonds is 5. The average Bonchev–Trinajstić information content (AvgIpc) is 2.88. The van der Waals surface area contributed by atoms with Gasteiger partial charge in [0.1, 0.15) is 24.3 Å². The van der Waals surface area contributed by atoms with Crippen molar-refractivity contribution < 1.29 is 33.8 Å². The maximum Gasteiger partial charge on any atom is 0.312 e. The predicted molar refractivity (Wildman–Crippen MR) is 123 cm³/mol. The normalized spacial score (nSPS) is 12.4. The van der Waals surface area contributed by atoms with Crippen LogP contribution in [0.4, 0.5) is 22.7 Å². The molecule has 2 aromatic rings. The molecular formula is C22H26N4O7. The number of carbonyl (C=O) groups is 4. The Balaban J connectivity index is 0.000000234. The second-order valence-electron chi connectivity index (χ2n) is 7.01. The fourth-order valence-corrected chi connectivity index (χ4v) is 2.93. The maximum atomic E-state index is 11.6. The number of nitrogens with two attached hydrogens (primary N) is 1. The minimum Gasteiger partial charge on any atom is -0.497 e. The third-order valence-corrected chi connectivity index (χ3v) is 4.80. The summed E-state index contributed by atoms with van der Waals surface area (Å²) >= 11 is 0. The maximum absolute atomic E-state index is 11.6. The first-order chi connectivity index (χ1) is 15.6. The van der Waals surface area contributed by atoms with Crippen molar-refractivity contribution in [3.05, 3.63) is 36.4 Å². The molecule has 1 aliphatic heterocycles. The number of ether oxygens (including phenoxy) is 2. The van der Waals surface area contributed by atoms with Crippen LogP contribution in [0.1, 0.15) is 12.8 Å². The summed E-state index contributed by atoms with van der Waals surface area (Å²) in [6.45, 7) is 0. The number of nitrogen functional groups attached to an aromatic ring is 1. The van der Waals surface area contributed by atoms with Crippen molar-refractivity contribution in [1.82, 2.24) is 0 Å². The third-order valence-electron chi connectivity index (χ3n) is 4.80. The van der Waals surface area contributed by atoms with E-state index in [4.69, 9.17) is 20.3 Å². The van der Waals surface area contributed by atoms with Crippen LogP contribution in [0.3, 0.4) is 0 Å². The van der Waals surface area contributed by atoms with Crippen molar-refractivity contribution >= 4 is 46.4 Å². The van der Waals surface area contributed by atoms with Gasteiger partial charge in [-0.25, -0.2) is 0 Å². The van der Waals surface area contributed by atoms with E-state index in [2.05, 4.69) is 5.32 Å². The summed E-state index contributed by atoms with van der Waals surface area (Å²) in [4.78, 5) is 47.6. The highest BCUT2D eigenvalue weighted by Crippen LogP contribution is 2.32. The summed E-state index contributed by atoms with van der Waals surface area (Å²) in [5.74, 6) is -1.05. The number of hydrogen-bond acceptors (Lipinski definition) is 7. The molecule has 3 amide bonds. The summed E-state index contributed by atoms with van der Waals surface area (Å²) in [6, 6.07) is 10.0. The molecule has 3 rings (SSSR count). The van der Waals surface area contributed by atoms with Gasteiger partial charge in [-0.05, 0) is 24.3 Å². The molecule has 0 atom stereocenters. The van der Waals surface area contributed by atoms with Gasteiger partial charge in [-0.2, -0.15) is 0 Å². The van der Waals surface area contributed by atoms with Crippen LogP contribution in [0.15, 0.2) is 36.4 Å². The van der Waals surface area contributed by atoms with Gasteiger partial charge in [-0.3, -0.25) is 19.2 Å². The zero-order valence-corrected chi connectivity index (χ0v) is 18.7. The molecule has 1 heterocycles. The quantitative estimate of drug-likeness (QED) is 0.452. The first-order valence-electron chi connectivity index (χ1n) is 9.73. The van der Waals surface area contributed by atoms with E-state index in [-0.39, 0.29) is 18.2 Å². The summed E-state index contributed by atoms with van der Waals surface area (Å²) < 4.78 is 10.1. The smallest absolute Gasteiger partial charge is 0.312 e. The zero-order valence-electron chi connectivity index (χ0n) is 18.7. The van der Waals surface area contributed by atoms with E-state index in [9.17, 15) is 19.2 Å². The molecule has 0 aliphatic carbocycles. The Labute approximate surface area is 190 Å². The molecule has 1 aliphatic rings. The summed E-state index contributed by atoms with van der Waals surface area (Å²) in [6.07, 6.45) is -0.708. The number of anilines is 4. The SMILES string of the molecule is COc1ccc(N)c(N(C)C(=O)CC(=O)O)c1.COc1ccc2c(c1)N(C)C(=O)CC(=O)N2. The van der Waals surface area contributed by atoms with Crippen LogP contribution in [-0.4, -0.2) is 57.1 Å². The number of aliphatic carboxylic acids is 1. The Bertz CT molecular complexity index is 1070. The van der Waals surface area contributed by atoms with Gasteiger partial charge < -0.3 is 35.4 Å². The summed E-state index contributed by atoms with van der Waals surface area (Å²) in [7, 11) is 6.16. The monoisotopic (exact) mass is 458 g/mol. The summed E-state index contributed by atoms with van der Waals surface area (Å²) in [5, 5.41) is 11.2. The standard InChI is InChI=1S/C11H14N2O4.C11H12N2O3/c1-13(10(14)6-11(15)16)9-5-7(17-2)3-4-8(9)12;1-13-9-5-7(16-2)3-4-8(9)12-10(14)6-11(13)15/h3-5H,6,12H2,1-2H3,(H,15,16);3-5H,6H2,1-2H3,(H,12,14). The van der Waals surface area contributed by atoms with Gasteiger partial charge in [-0.15, -0.1) is 0 Å². The fraction of sp³-hybridized carbons (Fsp3) is 0.273. The second-order valence-corrected chi connectivity index (χ2v) is 7.01.